The van der Waals surface area contributed by atoms with Gasteiger partial charge in [0.2, 0.25) is 5.89 Å². The van der Waals surface area contributed by atoms with Crippen LogP contribution in [0.4, 0.5) is 0 Å². The van der Waals surface area contributed by atoms with Gasteiger partial charge in [0.15, 0.2) is 6.61 Å². The quantitative estimate of drug-likeness (QED) is 0.673. The number of likely N-dealkylation sites (tertiary alicyclic amines) is 1. The zero-order valence-electron chi connectivity index (χ0n) is 15.9. The van der Waals surface area contributed by atoms with Crippen LogP contribution in [0.25, 0.3) is 0 Å². The second kappa shape index (κ2) is 8.25. The van der Waals surface area contributed by atoms with Crippen LogP contribution in [-0.4, -0.2) is 34.1 Å². The predicted octanol–water partition coefficient (Wildman–Crippen LogP) is 3.98. The first kappa shape index (κ1) is 18.2. The van der Waals surface area contributed by atoms with Gasteiger partial charge in [-0.15, -0.1) is 10.2 Å². The van der Waals surface area contributed by atoms with Gasteiger partial charge < -0.3 is 14.1 Å². The van der Waals surface area contributed by atoms with Crippen LogP contribution in [-0.2, 0) is 6.61 Å². The van der Waals surface area contributed by atoms with E-state index >= 15 is 0 Å². The van der Waals surface area contributed by atoms with Crippen molar-refractivity contribution in [3.63, 3.8) is 0 Å². The maximum atomic E-state index is 12.8. The van der Waals surface area contributed by atoms with Gasteiger partial charge in [0.05, 0.1) is 5.92 Å². The van der Waals surface area contributed by atoms with Crippen LogP contribution in [0, 0.1) is 6.92 Å². The standard InChI is InChI=1S/C22H23N3O3/c1-16-7-5-8-17(13-16)22(26)25-12-6-9-18(14-25)21-24-23-20(28-21)15-27-19-10-3-2-4-11-19/h2-5,7-8,10-11,13,18H,6,9,12,14-15H2,1H3. The number of carbonyl (C=O) groups excluding carboxylic acids is 1. The van der Waals surface area contributed by atoms with E-state index in [2.05, 4.69) is 10.2 Å². The van der Waals surface area contributed by atoms with Crippen LogP contribution in [0.3, 0.4) is 0 Å². The van der Waals surface area contributed by atoms with Crippen molar-refractivity contribution in [3.8, 4) is 5.75 Å². The molecule has 0 saturated carbocycles. The van der Waals surface area contributed by atoms with Crippen LogP contribution in [0.5, 0.6) is 5.75 Å². The van der Waals surface area contributed by atoms with Crippen LogP contribution >= 0.6 is 0 Å². The zero-order chi connectivity index (χ0) is 19.3. The molecule has 0 aliphatic carbocycles. The van der Waals surface area contributed by atoms with Crippen LogP contribution in [0.15, 0.2) is 59.0 Å². The van der Waals surface area contributed by atoms with E-state index in [1.807, 2.05) is 66.4 Å². The van der Waals surface area contributed by atoms with Crippen molar-refractivity contribution < 1.29 is 13.9 Å². The lowest BCUT2D eigenvalue weighted by molar-refractivity contribution is 0.0697. The minimum atomic E-state index is 0.0560. The normalized spacial score (nSPS) is 16.8. The van der Waals surface area contributed by atoms with Gasteiger partial charge in [-0.25, -0.2) is 0 Å². The molecule has 1 fully saturated rings. The van der Waals surface area contributed by atoms with Crippen molar-refractivity contribution >= 4 is 5.91 Å². The van der Waals surface area contributed by atoms with E-state index in [1.165, 1.54) is 0 Å². The number of hydrogen-bond donors (Lipinski definition) is 0. The second-order valence-corrected chi connectivity index (χ2v) is 7.10. The molecule has 1 amide bonds. The summed E-state index contributed by atoms with van der Waals surface area (Å²) in [6, 6.07) is 17.2. The molecule has 0 radical (unpaired) electrons. The molecule has 1 saturated heterocycles. The average Bonchev–Trinajstić information content (AvgIpc) is 3.22. The summed E-state index contributed by atoms with van der Waals surface area (Å²) in [4.78, 5) is 14.7. The lowest BCUT2D eigenvalue weighted by Crippen LogP contribution is -2.39. The van der Waals surface area contributed by atoms with Crippen LogP contribution in [0.1, 0.15) is 46.5 Å². The van der Waals surface area contributed by atoms with Gasteiger partial charge in [-0.3, -0.25) is 4.79 Å². The number of nitrogens with zero attached hydrogens (tertiary/aromatic N) is 3. The van der Waals surface area contributed by atoms with Crippen molar-refractivity contribution in [1.82, 2.24) is 15.1 Å². The molecule has 4 rings (SSSR count). The van der Waals surface area contributed by atoms with E-state index in [0.29, 0.717) is 18.3 Å². The Morgan fingerprint density at radius 3 is 2.86 bits per heavy atom. The highest BCUT2D eigenvalue weighted by Gasteiger charge is 2.29. The lowest BCUT2D eigenvalue weighted by atomic mass is 9.97. The average molecular weight is 377 g/mol. The molecule has 1 atom stereocenters. The molecule has 1 aliphatic rings. The summed E-state index contributed by atoms with van der Waals surface area (Å²) in [6.45, 7) is 3.57. The Morgan fingerprint density at radius 2 is 2.04 bits per heavy atom. The fourth-order valence-corrected chi connectivity index (χ4v) is 3.48. The summed E-state index contributed by atoms with van der Waals surface area (Å²) in [6.07, 6.45) is 1.85. The monoisotopic (exact) mass is 377 g/mol. The van der Waals surface area contributed by atoms with Crippen molar-refractivity contribution in [1.29, 1.82) is 0 Å². The Morgan fingerprint density at radius 1 is 1.18 bits per heavy atom. The van der Waals surface area contributed by atoms with Crippen LogP contribution in [0.2, 0.25) is 0 Å². The number of amides is 1. The highest BCUT2D eigenvalue weighted by molar-refractivity contribution is 5.94. The zero-order valence-corrected chi connectivity index (χ0v) is 15.9. The van der Waals surface area contributed by atoms with Gasteiger partial charge in [-0.05, 0) is 44.0 Å². The molecule has 1 unspecified atom stereocenters. The molecule has 0 spiro atoms. The van der Waals surface area contributed by atoms with Gasteiger partial charge in [-0.1, -0.05) is 35.9 Å². The minimum absolute atomic E-state index is 0.0560. The highest BCUT2D eigenvalue weighted by atomic mass is 16.5. The fourth-order valence-electron chi connectivity index (χ4n) is 3.48. The highest BCUT2D eigenvalue weighted by Crippen LogP contribution is 2.27. The molecular formula is C22H23N3O3. The molecule has 6 nitrogen and oxygen atoms in total. The number of rotatable bonds is 5. The summed E-state index contributed by atoms with van der Waals surface area (Å²) >= 11 is 0. The second-order valence-electron chi connectivity index (χ2n) is 7.10. The summed E-state index contributed by atoms with van der Waals surface area (Å²) in [5.74, 6) is 1.89. The van der Waals surface area contributed by atoms with Gasteiger partial charge in [0.25, 0.3) is 11.8 Å². The molecular weight excluding hydrogens is 354 g/mol. The third-order valence-corrected chi connectivity index (χ3v) is 4.91. The maximum Gasteiger partial charge on any atom is 0.253 e. The smallest absolute Gasteiger partial charge is 0.253 e. The number of aromatic nitrogens is 2. The van der Waals surface area contributed by atoms with E-state index in [4.69, 9.17) is 9.15 Å². The number of para-hydroxylation sites is 1. The van der Waals surface area contributed by atoms with Crippen molar-refractivity contribution in [2.75, 3.05) is 13.1 Å². The lowest BCUT2D eigenvalue weighted by Gasteiger charge is -2.31. The van der Waals surface area contributed by atoms with E-state index in [9.17, 15) is 4.79 Å². The van der Waals surface area contributed by atoms with Gasteiger partial charge in [0.1, 0.15) is 5.75 Å². The molecule has 0 bridgehead atoms. The largest absolute Gasteiger partial charge is 0.484 e. The molecule has 2 heterocycles. The van der Waals surface area contributed by atoms with Crippen molar-refractivity contribution in [2.45, 2.75) is 32.3 Å². The molecule has 144 valence electrons. The van der Waals surface area contributed by atoms with E-state index in [1.54, 1.807) is 0 Å². The van der Waals surface area contributed by atoms with Gasteiger partial charge >= 0.3 is 0 Å². The van der Waals surface area contributed by atoms with E-state index in [0.717, 1.165) is 36.3 Å². The Kier molecular flexibility index (Phi) is 5.37. The number of benzene rings is 2. The van der Waals surface area contributed by atoms with Gasteiger partial charge in [0, 0.05) is 18.7 Å². The number of carbonyl (C=O) groups is 1. The maximum absolute atomic E-state index is 12.8. The number of piperidine rings is 1. The molecule has 28 heavy (non-hydrogen) atoms. The van der Waals surface area contributed by atoms with Gasteiger partial charge in [-0.2, -0.15) is 0 Å². The summed E-state index contributed by atoms with van der Waals surface area (Å²) < 4.78 is 11.5. The molecule has 1 aliphatic heterocycles. The Balaban J connectivity index is 1.39. The third kappa shape index (κ3) is 4.22. The Labute approximate surface area is 164 Å². The van der Waals surface area contributed by atoms with E-state index < -0.39 is 0 Å². The van der Waals surface area contributed by atoms with Crippen molar-refractivity contribution in [3.05, 3.63) is 77.5 Å². The first-order chi connectivity index (χ1) is 13.7. The Hall–Kier alpha value is -3.15. The van der Waals surface area contributed by atoms with E-state index in [-0.39, 0.29) is 18.4 Å². The molecule has 0 N–H and O–H groups in total. The molecule has 1 aromatic heterocycles. The molecule has 6 heteroatoms. The number of aryl methyl sites for hydroxylation is 1. The summed E-state index contributed by atoms with van der Waals surface area (Å²) in [5, 5.41) is 8.30. The molecule has 2 aromatic carbocycles. The minimum Gasteiger partial charge on any atom is -0.484 e. The van der Waals surface area contributed by atoms with Crippen molar-refractivity contribution in [2.24, 2.45) is 0 Å². The first-order valence-corrected chi connectivity index (χ1v) is 9.55. The first-order valence-electron chi connectivity index (χ1n) is 9.55. The summed E-state index contributed by atoms with van der Waals surface area (Å²) in [5.41, 5.74) is 1.81. The predicted molar refractivity (Wildman–Crippen MR) is 104 cm³/mol. The summed E-state index contributed by atoms with van der Waals surface area (Å²) in [7, 11) is 0. The van der Waals surface area contributed by atoms with Crippen LogP contribution < -0.4 is 4.74 Å². The SMILES string of the molecule is Cc1cccc(C(=O)N2CCCC(c3nnc(COc4ccccc4)o3)C2)c1. The number of ether oxygens (including phenoxy) is 1. The fraction of sp³-hybridized carbons (Fsp3) is 0.318. The third-order valence-electron chi connectivity index (χ3n) is 4.91. The molecule has 3 aromatic rings. The Bertz CT molecular complexity index is 939. The number of hydrogen-bond acceptors (Lipinski definition) is 5. The topological polar surface area (TPSA) is 68.5 Å².